The number of rotatable bonds is 6. The van der Waals surface area contributed by atoms with E-state index in [0.717, 1.165) is 11.3 Å². The number of thiophene rings is 1. The summed E-state index contributed by atoms with van der Waals surface area (Å²) >= 11 is 1.31. The average Bonchev–Trinajstić information content (AvgIpc) is 3.33. The Kier molecular flexibility index (Phi) is 5.35. The molecule has 4 rings (SSSR count). The first-order valence-electron chi connectivity index (χ1n) is 9.29. The van der Waals surface area contributed by atoms with Crippen LogP contribution in [0.5, 0.6) is 0 Å². The van der Waals surface area contributed by atoms with Gasteiger partial charge in [0.2, 0.25) is 9.84 Å². The largest absolute Gasteiger partial charge is 0.481 e. The number of carboxylic acid groups (broad SMARTS) is 1. The van der Waals surface area contributed by atoms with E-state index >= 15 is 0 Å². The molecular formula is C22H17N3O4S2. The highest BCUT2D eigenvalue weighted by Crippen LogP contribution is 2.32. The Morgan fingerprint density at radius 2 is 2.06 bits per heavy atom. The van der Waals surface area contributed by atoms with Crippen LogP contribution in [0.15, 0.2) is 64.1 Å². The van der Waals surface area contributed by atoms with E-state index in [1.54, 1.807) is 46.3 Å². The van der Waals surface area contributed by atoms with Crippen molar-refractivity contribution in [2.24, 2.45) is 0 Å². The fraction of sp³-hybridized carbons (Fsp3) is 0.136. The van der Waals surface area contributed by atoms with Crippen molar-refractivity contribution < 1.29 is 18.3 Å². The van der Waals surface area contributed by atoms with Gasteiger partial charge in [0.05, 0.1) is 16.9 Å². The maximum absolute atomic E-state index is 13.1. The maximum Gasteiger partial charge on any atom is 0.307 e. The number of nitriles is 1. The van der Waals surface area contributed by atoms with E-state index in [0.29, 0.717) is 21.5 Å². The molecule has 0 fully saturated rings. The molecule has 0 unspecified atom stereocenters. The van der Waals surface area contributed by atoms with E-state index in [9.17, 15) is 23.6 Å². The van der Waals surface area contributed by atoms with Gasteiger partial charge in [-0.05, 0) is 53.8 Å². The van der Waals surface area contributed by atoms with Gasteiger partial charge in [-0.25, -0.2) is 13.4 Å². The van der Waals surface area contributed by atoms with Crippen molar-refractivity contribution >= 4 is 32.7 Å². The SMILES string of the molecule is Cc1c(CC(=O)O)c2ccc(C#N)cn2c1Cc1sccc1S(=O)(=O)c1ccccn1. The quantitative estimate of drug-likeness (QED) is 0.479. The number of hydrogen-bond donors (Lipinski definition) is 1. The molecule has 0 aromatic carbocycles. The molecule has 0 saturated heterocycles. The van der Waals surface area contributed by atoms with Gasteiger partial charge in [-0.1, -0.05) is 6.07 Å². The average molecular weight is 452 g/mol. The lowest BCUT2D eigenvalue weighted by Crippen LogP contribution is -2.06. The number of hydrogen-bond acceptors (Lipinski definition) is 6. The van der Waals surface area contributed by atoms with Crippen molar-refractivity contribution in [3.05, 3.63) is 81.4 Å². The van der Waals surface area contributed by atoms with Gasteiger partial charge in [0.15, 0.2) is 5.03 Å². The number of aliphatic carboxylic acids is 1. The molecule has 0 aliphatic carbocycles. The van der Waals surface area contributed by atoms with Gasteiger partial charge in [0.1, 0.15) is 6.07 Å². The predicted octanol–water partition coefficient (Wildman–Crippen LogP) is 3.63. The molecule has 0 amide bonds. The molecule has 0 spiro atoms. The van der Waals surface area contributed by atoms with Gasteiger partial charge in [0, 0.05) is 34.9 Å². The van der Waals surface area contributed by atoms with Crippen LogP contribution < -0.4 is 0 Å². The van der Waals surface area contributed by atoms with Crippen molar-refractivity contribution in [3.8, 4) is 6.07 Å². The summed E-state index contributed by atoms with van der Waals surface area (Å²) in [7, 11) is -3.79. The summed E-state index contributed by atoms with van der Waals surface area (Å²) in [6.45, 7) is 1.83. The number of fused-ring (bicyclic) bond motifs is 1. The summed E-state index contributed by atoms with van der Waals surface area (Å²) in [5.74, 6) is -0.957. The lowest BCUT2D eigenvalue weighted by molar-refractivity contribution is -0.136. The summed E-state index contributed by atoms with van der Waals surface area (Å²) in [5.41, 5.74) is 3.30. The molecule has 4 aromatic rings. The van der Waals surface area contributed by atoms with Crippen molar-refractivity contribution in [2.75, 3.05) is 0 Å². The lowest BCUT2D eigenvalue weighted by Gasteiger charge is -2.08. The fourth-order valence-electron chi connectivity index (χ4n) is 3.64. The molecule has 0 aliphatic rings. The van der Waals surface area contributed by atoms with Crippen molar-refractivity contribution in [2.45, 2.75) is 29.7 Å². The molecule has 31 heavy (non-hydrogen) atoms. The Hall–Kier alpha value is -3.48. The van der Waals surface area contributed by atoms with Crippen LogP contribution in [0.25, 0.3) is 5.52 Å². The highest BCUT2D eigenvalue weighted by atomic mass is 32.2. The van der Waals surface area contributed by atoms with Crippen molar-refractivity contribution in [3.63, 3.8) is 0 Å². The smallest absolute Gasteiger partial charge is 0.307 e. The summed E-state index contributed by atoms with van der Waals surface area (Å²) in [5, 5.41) is 20.3. The second-order valence-corrected chi connectivity index (χ2v) is 9.83. The molecule has 156 valence electrons. The first-order chi connectivity index (χ1) is 14.8. The van der Waals surface area contributed by atoms with E-state index in [1.165, 1.54) is 23.6 Å². The van der Waals surface area contributed by atoms with Crippen LogP contribution in [0, 0.1) is 18.3 Å². The van der Waals surface area contributed by atoms with Crippen LogP contribution in [-0.2, 0) is 27.5 Å². The Morgan fingerprint density at radius 3 is 2.74 bits per heavy atom. The standard InChI is InChI=1S/C22H17N3O4S2/c1-14-16(10-22(26)27)17-6-5-15(12-23)13-25(17)18(14)11-19-20(7-9-30-19)31(28,29)21-4-2-3-8-24-21/h2-9,13H,10-11H2,1H3,(H,26,27). The minimum atomic E-state index is -3.79. The van der Waals surface area contributed by atoms with Crippen LogP contribution in [0.3, 0.4) is 0 Å². The van der Waals surface area contributed by atoms with E-state index in [4.69, 9.17) is 0 Å². The van der Waals surface area contributed by atoms with Crippen LogP contribution in [-0.4, -0.2) is 28.9 Å². The first-order valence-corrected chi connectivity index (χ1v) is 11.7. The molecule has 0 radical (unpaired) electrons. The molecular weight excluding hydrogens is 434 g/mol. The van der Waals surface area contributed by atoms with Gasteiger partial charge >= 0.3 is 5.97 Å². The van der Waals surface area contributed by atoms with Crippen molar-refractivity contribution in [1.82, 2.24) is 9.38 Å². The molecule has 9 heteroatoms. The second kappa shape index (κ2) is 7.98. The molecule has 1 N–H and O–H groups in total. The van der Waals surface area contributed by atoms with Gasteiger partial charge in [-0.3, -0.25) is 4.79 Å². The highest BCUT2D eigenvalue weighted by Gasteiger charge is 2.25. The Balaban J connectivity index is 1.86. The molecule has 0 bridgehead atoms. The minimum Gasteiger partial charge on any atom is -0.481 e. The van der Waals surface area contributed by atoms with E-state index in [2.05, 4.69) is 11.1 Å². The number of nitrogens with zero attached hydrogens (tertiary/aromatic N) is 3. The molecule has 0 aliphatic heterocycles. The lowest BCUT2D eigenvalue weighted by atomic mass is 10.1. The third-order valence-corrected chi connectivity index (χ3v) is 7.93. The van der Waals surface area contributed by atoms with Crippen molar-refractivity contribution in [1.29, 1.82) is 5.26 Å². The van der Waals surface area contributed by atoms with E-state index in [1.807, 2.05) is 6.92 Å². The minimum absolute atomic E-state index is 0.0234. The third-order valence-electron chi connectivity index (χ3n) is 5.13. The molecule has 4 heterocycles. The monoisotopic (exact) mass is 451 g/mol. The third kappa shape index (κ3) is 3.71. The Morgan fingerprint density at radius 1 is 1.26 bits per heavy atom. The number of carbonyl (C=O) groups is 1. The second-order valence-electron chi connectivity index (χ2n) is 6.96. The summed E-state index contributed by atoms with van der Waals surface area (Å²) in [6, 6.07) is 11.8. The summed E-state index contributed by atoms with van der Waals surface area (Å²) in [4.78, 5) is 16.2. The maximum atomic E-state index is 13.1. The number of sulfone groups is 1. The number of carboxylic acids is 1. The first kappa shape index (κ1) is 20.8. The fourth-order valence-corrected chi connectivity index (χ4v) is 6.28. The van der Waals surface area contributed by atoms with Gasteiger partial charge in [0.25, 0.3) is 0 Å². The number of pyridine rings is 2. The number of aromatic nitrogens is 2. The van der Waals surface area contributed by atoms with Crippen LogP contribution in [0.2, 0.25) is 0 Å². The molecule has 7 nitrogen and oxygen atoms in total. The van der Waals surface area contributed by atoms with E-state index in [-0.39, 0.29) is 22.8 Å². The molecule has 4 aromatic heterocycles. The predicted molar refractivity (Wildman–Crippen MR) is 115 cm³/mol. The highest BCUT2D eigenvalue weighted by molar-refractivity contribution is 7.91. The van der Waals surface area contributed by atoms with E-state index < -0.39 is 15.8 Å². The van der Waals surface area contributed by atoms with Gasteiger partial charge in [-0.2, -0.15) is 5.26 Å². The van der Waals surface area contributed by atoms with Crippen LogP contribution >= 0.6 is 11.3 Å². The zero-order valence-electron chi connectivity index (χ0n) is 16.4. The topological polar surface area (TPSA) is 113 Å². The Labute approximate surface area is 182 Å². The zero-order valence-corrected chi connectivity index (χ0v) is 18.1. The molecule has 0 atom stereocenters. The van der Waals surface area contributed by atoms with Crippen LogP contribution in [0.1, 0.15) is 27.3 Å². The normalized spacial score (nSPS) is 11.5. The van der Waals surface area contributed by atoms with Gasteiger partial charge < -0.3 is 9.51 Å². The van der Waals surface area contributed by atoms with Crippen LogP contribution in [0.4, 0.5) is 0 Å². The Bertz CT molecular complexity index is 1450. The molecule has 0 saturated carbocycles. The van der Waals surface area contributed by atoms with Gasteiger partial charge in [-0.15, -0.1) is 11.3 Å². The zero-order chi connectivity index (χ0) is 22.2. The summed E-state index contributed by atoms with van der Waals surface area (Å²) in [6.07, 6.45) is 3.21. The summed E-state index contributed by atoms with van der Waals surface area (Å²) < 4.78 is 28.0.